The topological polar surface area (TPSA) is 210 Å². The van der Waals surface area contributed by atoms with Crippen LogP contribution in [0.25, 0.3) is 22.6 Å². The minimum atomic E-state index is -0.390. The fraction of sp³-hybridized carbons (Fsp3) is 0.595. The van der Waals surface area contributed by atoms with Gasteiger partial charge in [0, 0.05) is 62.1 Å². The van der Waals surface area contributed by atoms with Crippen molar-refractivity contribution in [1.82, 2.24) is 45.7 Å². The fourth-order valence-electron chi connectivity index (χ4n) is 6.73. The maximum Gasteiger partial charge on any atom is 0.332 e. The zero-order chi connectivity index (χ0) is 38.5. The van der Waals surface area contributed by atoms with Gasteiger partial charge in [0.1, 0.15) is 17.1 Å². The van der Waals surface area contributed by atoms with Crippen LogP contribution in [-0.4, -0.2) is 92.2 Å². The fourth-order valence-corrected chi connectivity index (χ4v) is 8.27. The quantitative estimate of drug-likeness (QED) is 0.0654. The van der Waals surface area contributed by atoms with Crippen LogP contribution in [0.4, 0.5) is 4.79 Å². The number of unbranched alkanes of at least 4 members (excludes halogenated alkanes) is 3. The van der Waals surface area contributed by atoms with Gasteiger partial charge in [-0.05, 0) is 62.8 Å². The molecule has 3 atom stereocenters. The van der Waals surface area contributed by atoms with E-state index in [0.717, 1.165) is 37.9 Å². The Labute approximate surface area is 318 Å². The molecule has 1 aromatic carbocycles. The summed E-state index contributed by atoms with van der Waals surface area (Å²) < 4.78 is 8.40. The number of amides is 5. The van der Waals surface area contributed by atoms with Crippen LogP contribution in [0.2, 0.25) is 0 Å². The second-order valence-corrected chi connectivity index (χ2v) is 15.0. The lowest BCUT2D eigenvalue weighted by Crippen LogP contribution is -2.40. The van der Waals surface area contributed by atoms with Gasteiger partial charge < -0.3 is 36.3 Å². The monoisotopic (exact) mass is 767 g/mol. The Morgan fingerprint density at radius 2 is 1.50 bits per heavy atom. The third-order valence-corrected chi connectivity index (χ3v) is 11.0. The molecule has 54 heavy (non-hydrogen) atoms. The number of imidazole rings is 1. The molecule has 4 heterocycles. The number of hydrogen-bond acceptors (Lipinski definition) is 9. The summed E-state index contributed by atoms with van der Waals surface area (Å²) in [7, 11) is 0. The zero-order valence-corrected chi connectivity index (χ0v) is 32.0. The number of nitrogens with one attached hydrogen (secondary N) is 6. The number of carbonyl (C=O) groups excluding carboxylic acids is 4. The number of fused-ring (bicyclic) bond motifs is 2. The Morgan fingerprint density at radius 1 is 0.833 bits per heavy atom. The molecule has 6 N–H and O–H groups in total. The first-order chi connectivity index (χ1) is 26.2. The Hall–Kier alpha value is -4.80. The van der Waals surface area contributed by atoms with Crippen LogP contribution in [0, 0.1) is 0 Å². The Morgan fingerprint density at radius 3 is 2.22 bits per heavy atom. The van der Waals surface area contributed by atoms with Crippen molar-refractivity contribution in [3.05, 3.63) is 45.1 Å². The smallest absolute Gasteiger partial charge is 0.332 e. The van der Waals surface area contributed by atoms with Gasteiger partial charge in [-0.25, -0.2) is 14.6 Å². The van der Waals surface area contributed by atoms with E-state index in [9.17, 15) is 28.8 Å². The third kappa shape index (κ3) is 10.9. The minimum absolute atomic E-state index is 0.0482. The molecule has 2 aromatic heterocycles. The number of thioether (sulfide) groups is 1. The normalized spacial score (nSPS) is 17.5. The third-order valence-electron chi connectivity index (χ3n) is 9.51. The molecular weight excluding hydrogens is 715 g/mol. The van der Waals surface area contributed by atoms with Crippen LogP contribution < -0.4 is 42.6 Å². The molecule has 2 saturated heterocycles. The molecule has 2 fully saturated rings. The maximum absolute atomic E-state index is 13.0. The lowest BCUT2D eigenvalue weighted by atomic mass is 10.0. The van der Waals surface area contributed by atoms with Crippen LogP contribution >= 0.6 is 11.8 Å². The molecule has 2 aliphatic heterocycles. The summed E-state index contributed by atoms with van der Waals surface area (Å²) in [5, 5.41) is 14.8. The first-order valence-electron chi connectivity index (χ1n) is 19.1. The van der Waals surface area contributed by atoms with Gasteiger partial charge in [-0.15, -0.1) is 0 Å². The maximum atomic E-state index is 13.0. The van der Waals surface area contributed by atoms with E-state index in [1.54, 1.807) is 24.3 Å². The molecule has 0 spiro atoms. The molecule has 16 nitrogen and oxygen atoms in total. The van der Waals surface area contributed by atoms with E-state index < -0.39 is 0 Å². The van der Waals surface area contributed by atoms with Crippen molar-refractivity contribution in [3.8, 4) is 17.1 Å². The number of aromatic nitrogens is 4. The molecule has 3 aromatic rings. The van der Waals surface area contributed by atoms with Gasteiger partial charge in [0.15, 0.2) is 12.3 Å². The first-order valence-corrected chi connectivity index (χ1v) is 20.2. The van der Waals surface area contributed by atoms with E-state index in [1.165, 1.54) is 9.13 Å². The number of H-pyrrole nitrogens is 1. The second-order valence-electron chi connectivity index (χ2n) is 13.7. The predicted molar refractivity (Wildman–Crippen MR) is 208 cm³/mol. The van der Waals surface area contributed by atoms with E-state index in [4.69, 9.17) is 4.74 Å². The highest BCUT2D eigenvalue weighted by Crippen LogP contribution is 2.33. The van der Waals surface area contributed by atoms with Crippen molar-refractivity contribution in [2.45, 2.75) is 108 Å². The van der Waals surface area contributed by atoms with E-state index in [-0.39, 0.29) is 65.8 Å². The highest BCUT2D eigenvalue weighted by Gasteiger charge is 2.42. The van der Waals surface area contributed by atoms with Crippen molar-refractivity contribution in [2.24, 2.45) is 0 Å². The lowest BCUT2D eigenvalue weighted by Gasteiger charge is -2.16. The summed E-state index contributed by atoms with van der Waals surface area (Å²) in [4.78, 5) is 81.8. The standard InChI is InChI=1S/C37H53N9O7S/c1-3-20-45-34-32(35(50)46(21-4-2)37(45)52)42-33(44-34)24-13-15-25(16-14-24)53-22-30(49)40-19-18-39-29(48)11-6-5-9-17-38-28(47)12-8-7-10-27-31-26(23-54-27)41-36(51)43-31/h13-16,26-27,31H,3-12,17-23H2,1-2H3,(H,38,47)(H,39,48)(H,40,49)(H,42,44)(H2,41,43,51)/t26-,27-,31-/m0/s1. The number of rotatable bonds is 22. The van der Waals surface area contributed by atoms with Gasteiger partial charge in [-0.1, -0.05) is 26.7 Å². The Bertz CT molecular complexity index is 1870. The number of aromatic amines is 1. The molecule has 0 radical (unpaired) electrons. The average molecular weight is 768 g/mol. The molecular formula is C37H53N9O7S. The lowest BCUT2D eigenvalue weighted by molar-refractivity contribution is -0.124. The van der Waals surface area contributed by atoms with Crippen LogP contribution in [0.15, 0.2) is 33.9 Å². The summed E-state index contributed by atoms with van der Waals surface area (Å²) >= 11 is 1.89. The number of urea groups is 1. The summed E-state index contributed by atoms with van der Waals surface area (Å²) in [6.45, 7) is 5.60. The highest BCUT2D eigenvalue weighted by molar-refractivity contribution is 8.00. The van der Waals surface area contributed by atoms with Crippen molar-refractivity contribution < 1.29 is 23.9 Å². The summed E-state index contributed by atoms with van der Waals surface area (Å²) in [5.41, 5.74) is 0.558. The van der Waals surface area contributed by atoms with E-state index in [1.807, 2.05) is 25.6 Å². The molecule has 0 saturated carbocycles. The van der Waals surface area contributed by atoms with E-state index in [2.05, 4.69) is 36.6 Å². The number of hydrogen-bond donors (Lipinski definition) is 6. The largest absolute Gasteiger partial charge is 0.484 e. The van der Waals surface area contributed by atoms with Gasteiger partial charge in [-0.2, -0.15) is 11.8 Å². The Kier molecular flexibility index (Phi) is 15.0. The molecule has 17 heteroatoms. The minimum Gasteiger partial charge on any atom is -0.484 e. The van der Waals surface area contributed by atoms with Crippen molar-refractivity contribution >= 4 is 46.7 Å². The molecule has 294 valence electrons. The first kappa shape index (κ1) is 40.4. The molecule has 0 bridgehead atoms. The highest BCUT2D eigenvalue weighted by atomic mass is 32.2. The molecule has 0 unspecified atom stereocenters. The van der Waals surface area contributed by atoms with Gasteiger partial charge >= 0.3 is 11.7 Å². The van der Waals surface area contributed by atoms with Crippen molar-refractivity contribution in [1.29, 1.82) is 0 Å². The average Bonchev–Trinajstić information content (AvgIpc) is 3.88. The number of aryl methyl sites for hydroxylation is 1. The van der Waals surface area contributed by atoms with Crippen molar-refractivity contribution in [3.63, 3.8) is 0 Å². The van der Waals surface area contributed by atoms with Crippen LogP contribution in [-0.2, 0) is 27.5 Å². The SMILES string of the molecule is CCCn1c(=O)c2[nH]c(-c3ccc(OCC(=O)NCCNC(=O)CCCCCNC(=O)CCCC[C@@H]4SC[C@@H]5NC(=O)N[C@@H]54)cc3)nc2n(CCC)c1=O. The van der Waals surface area contributed by atoms with Crippen LogP contribution in [0.5, 0.6) is 5.75 Å². The molecule has 2 aliphatic rings. The molecule has 0 aliphatic carbocycles. The number of benzene rings is 1. The van der Waals surface area contributed by atoms with Crippen LogP contribution in [0.1, 0.15) is 78.1 Å². The van der Waals surface area contributed by atoms with Gasteiger partial charge in [0.25, 0.3) is 11.5 Å². The second kappa shape index (κ2) is 20.0. The van der Waals surface area contributed by atoms with Gasteiger partial charge in [0.05, 0.1) is 12.1 Å². The predicted octanol–water partition coefficient (Wildman–Crippen LogP) is 2.39. The van der Waals surface area contributed by atoms with E-state index >= 15 is 0 Å². The number of carbonyl (C=O) groups is 4. The summed E-state index contributed by atoms with van der Waals surface area (Å²) in [6.07, 6.45) is 7.35. The van der Waals surface area contributed by atoms with Crippen molar-refractivity contribution in [2.75, 3.05) is 32.0 Å². The zero-order valence-electron chi connectivity index (χ0n) is 31.2. The van der Waals surface area contributed by atoms with Gasteiger partial charge in [0.2, 0.25) is 11.8 Å². The Balaban J connectivity index is 0.897. The molecule has 5 amide bonds. The molecule has 5 rings (SSSR count). The van der Waals surface area contributed by atoms with E-state index in [0.29, 0.717) is 86.3 Å². The summed E-state index contributed by atoms with van der Waals surface area (Å²) in [6, 6.07) is 7.26. The number of nitrogens with zero attached hydrogens (tertiary/aromatic N) is 3. The summed E-state index contributed by atoms with van der Waals surface area (Å²) in [5.74, 6) is 1.50. The number of ether oxygens (including phenoxy) is 1. The van der Waals surface area contributed by atoms with Gasteiger partial charge in [-0.3, -0.25) is 28.3 Å². The van der Waals surface area contributed by atoms with Crippen LogP contribution in [0.3, 0.4) is 0 Å².